The predicted octanol–water partition coefficient (Wildman–Crippen LogP) is 4.47. The molecule has 27 heavy (non-hydrogen) atoms. The first kappa shape index (κ1) is 21.0. The van der Waals surface area contributed by atoms with Gasteiger partial charge in [-0.15, -0.1) is 0 Å². The lowest BCUT2D eigenvalue weighted by molar-refractivity contribution is -0.118. The van der Waals surface area contributed by atoms with Crippen molar-refractivity contribution < 1.29 is 14.3 Å². The predicted molar refractivity (Wildman–Crippen MR) is 111 cm³/mol. The summed E-state index contributed by atoms with van der Waals surface area (Å²) in [6, 6.07) is 12.7. The van der Waals surface area contributed by atoms with Crippen molar-refractivity contribution in [3.05, 3.63) is 58.1 Å². The van der Waals surface area contributed by atoms with Crippen LogP contribution in [0.1, 0.15) is 36.7 Å². The molecular formula is C21H25BrN2O3. The van der Waals surface area contributed by atoms with Crippen LogP contribution in [0.2, 0.25) is 0 Å². The molecule has 0 saturated carbocycles. The van der Waals surface area contributed by atoms with Gasteiger partial charge in [-0.1, -0.05) is 32.9 Å². The zero-order valence-corrected chi connectivity index (χ0v) is 17.9. The van der Waals surface area contributed by atoms with Crippen molar-refractivity contribution in [3.63, 3.8) is 0 Å². The van der Waals surface area contributed by atoms with Crippen LogP contribution in [0.4, 0.5) is 5.69 Å². The number of hydrogen-bond donors (Lipinski definition) is 1. The Morgan fingerprint density at radius 2 is 1.81 bits per heavy atom. The first-order valence-corrected chi connectivity index (χ1v) is 9.41. The number of benzene rings is 2. The minimum atomic E-state index is -0.295. The summed E-state index contributed by atoms with van der Waals surface area (Å²) in [4.78, 5) is 25.7. The van der Waals surface area contributed by atoms with Crippen LogP contribution in [0.3, 0.4) is 0 Å². The van der Waals surface area contributed by atoms with Gasteiger partial charge in [0.1, 0.15) is 5.75 Å². The standard InChI is InChI=1S/C21H25BrN2O3/c1-21(2,3)15-9-10-18(17(22)12-15)27-13-19(25)23-16-8-6-7-14(11-16)20(26)24(4)5/h6-12H,13H2,1-5H3,(H,23,25). The molecule has 0 saturated heterocycles. The lowest BCUT2D eigenvalue weighted by Crippen LogP contribution is -2.23. The molecule has 0 fully saturated rings. The smallest absolute Gasteiger partial charge is 0.262 e. The maximum Gasteiger partial charge on any atom is 0.262 e. The molecule has 0 radical (unpaired) electrons. The van der Waals surface area contributed by atoms with Crippen LogP contribution in [-0.2, 0) is 10.2 Å². The Morgan fingerprint density at radius 1 is 1.11 bits per heavy atom. The topological polar surface area (TPSA) is 58.6 Å². The first-order chi connectivity index (χ1) is 12.6. The second-order valence-corrected chi connectivity index (χ2v) is 8.37. The molecule has 1 N–H and O–H groups in total. The Labute approximate surface area is 168 Å². The summed E-state index contributed by atoms with van der Waals surface area (Å²) < 4.78 is 6.43. The molecule has 2 aromatic rings. The summed E-state index contributed by atoms with van der Waals surface area (Å²) >= 11 is 3.50. The van der Waals surface area contributed by atoms with Gasteiger partial charge in [0, 0.05) is 25.3 Å². The Hall–Kier alpha value is -2.34. The van der Waals surface area contributed by atoms with Gasteiger partial charge in [0.2, 0.25) is 0 Å². The van der Waals surface area contributed by atoms with E-state index >= 15 is 0 Å². The molecule has 0 bridgehead atoms. The van der Waals surface area contributed by atoms with E-state index in [-0.39, 0.29) is 23.8 Å². The fraction of sp³-hybridized carbons (Fsp3) is 0.333. The van der Waals surface area contributed by atoms with E-state index in [2.05, 4.69) is 42.0 Å². The number of carbonyl (C=O) groups is 2. The molecule has 0 heterocycles. The lowest BCUT2D eigenvalue weighted by Gasteiger charge is -2.20. The number of carbonyl (C=O) groups excluding carboxylic acids is 2. The van der Waals surface area contributed by atoms with Crippen LogP contribution in [0, 0.1) is 0 Å². The highest BCUT2D eigenvalue weighted by molar-refractivity contribution is 9.10. The maximum absolute atomic E-state index is 12.2. The Morgan fingerprint density at radius 3 is 2.41 bits per heavy atom. The fourth-order valence-electron chi connectivity index (χ4n) is 2.41. The molecule has 144 valence electrons. The molecule has 0 atom stereocenters. The van der Waals surface area contributed by atoms with E-state index in [9.17, 15) is 9.59 Å². The van der Waals surface area contributed by atoms with E-state index in [0.29, 0.717) is 17.0 Å². The van der Waals surface area contributed by atoms with Gasteiger partial charge in [0.25, 0.3) is 11.8 Å². The lowest BCUT2D eigenvalue weighted by atomic mass is 9.87. The third-order valence-corrected chi connectivity index (χ3v) is 4.58. The van der Waals surface area contributed by atoms with Crippen LogP contribution in [0.5, 0.6) is 5.75 Å². The van der Waals surface area contributed by atoms with Crippen molar-refractivity contribution in [2.24, 2.45) is 0 Å². The number of halogens is 1. The van der Waals surface area contributed by atoms with Gasteiger partial charge in [-0.05, 0) is 57.2 Å². The van der Waals surface area contributed by atoms with E-state index < -0.39 is 0 Å². The Kier molecular flexibility index (Phi) is 6.65. The summed E-state index contributed by atoms with van der Waals surface area (Å²) in [6.45, 7) is 6.28. The van der Waals surface area contributed by atoms with E-state index in [1.165, 1.54) is 10.5 Å². The minimum Gasteiger partial charge on any atom is -0.483 e. The molecule has 0 aliphatic heterocycles. The van der Waals surface area contributed by atoms with Crippen LogP contribution in [0.25, 0.3) is 0 Å². The fourth-order valence-corrected chi connectivity index (χ4v) is 2.91. The number of nitrogens with zero attached hydrogens (tertiary/aromatic N) is 1. The largest absolute Gasteiger partial charge is 0.483 e. The van der Waals surface area contributed by atoms with Gasteiger partial charge in [-0.25, -0.2) is 0 Å². The molecule has 5 nitrogen and oxygen atoms in total. The quantitative estimate of drug-likeness (QED) is 0.757. The summed E-state index contributed by atoms with van der Waals surface area (Å²) in [5.74, 6) is 0.191. The van der Waals surface area contributed by atoms with Crippen LogP contribution in [-0.4, -0.2) is 37.4 Å². The summed E-state index contributed by atoms with van der Waals surface area (Å²) in [5.41, 5.74) is 2.28. The average Bonchev–Trinajstić information content (AvgIpc) is 2.59. The van der Waals surface area contributed by atoms with E-state index in [4.69, 9.17) is 4.74 Å². The highest BCUT2D eigenvalue weighted by Gasteiger charge is 2.16. The molecule has 2 rings (SSSR count). The molecule has 0 unspecified atom stereocenters. The maximum atomic E-state index is 12.2. The molecular weight excluding hydrogens is 408 g/mol. The van der Waals surface area contributed by atoms with Gasteiger partial charge in [0.05, 0.1) is 4.47 Å². The van der Waals surface area contributed by atoms with E-state index in [0.717, 1.165) is 4.47 Å². The number of rotatable bonds is 5. The summed E-state index contributed by atoms with van der Waals surface area (Å²) in [6.07, 6.45) is 0. The van der Waals surface area contributed by atoms with Crippen molar-refractivity contribution in [2.75, 3.05) is 26.0 Å². The molecule has 0 aliphatic rings. The SMILES string of the molecule is CN(C)C(=O)c1cccc(NC(=O)COc2ccc(C(C)(C)C)cc2Br)c1. The Bertz CT molecular complexity index is 842. The van der Waals surface area contributed by atoms with Gasteiger partial charge >= 0.3 is 0 Å². The number of anilines is 1. The van der Waals surface area contributed by atoms with E-state index in [1.54, 1.807) is 38.4 Å². The molecule has 0 aromatic heterocycles. The van der Waals surface area contributed by atoms with Gasteiger partial charge in [0.15, 0.2) is 6.61 Å². The zero-order valence-electron chi connectivity index (χ0n) is 16.3. The van der Waals surface area contributed by atoms with Crippen molar-refractivity contribution >= 4 is 33.4 Å². The molecule has 2 aromatic carbocycles. The van der Waals surface area contributed by atoms with Gasteiger partial charge in [-0.3, -0.25) is 9.59 Å². The highest BCUT2D eigenvalue weighted by atomic mass is 79.9. The first-order valence-electron chi connectivity index (χ1n) is 8.62. The molecule has 0 aliphatic carbocycles. The van der Waals surface area contributed by atoms with Gasteiger partial charge < -0.3 is 15.0 Å². The van der Waals surface area contributed by atoms with Crippen molar-refractivity contribution in [3.8, 4) is 5.75 Å². The minimum absolute atomic E-state index is 0.0352. The Balaban J connectivity index is 1.99. The number of nitrogens with one attached hydrogen (secondary N) is 1. The zero-order chi connectivity index (χ0) is 20.2. The number of ether oxygens (including phenoxy) is 1. The van der Waals surface area contributed by atoms with E-state index in [1.807, 2.05) is 18.2 Å². The second kappa shape index (κ2) is 8.57. The van der Waals surface area contributed by atoms with Crippen molar-refractivity contribution in [1.29, 1.82) is 0 Å². The third-order valence-electron chi connectivity index (χ3n) is 3.96. The summed E-state index contributed by atoms with van der Waals surface area (Å²) in [7, 11) is 3.37. The molecule has 6 heteroatoms. The number of amides is 2. The number of hydrogen-bond acceptors (Lipinski definition) is 3. The highest BCUT2D eigenvalue weighted by Crippen LogP contribution is 2.31. The van der Waals surface area contributed by atoms with Crippen molar-refractivity contribution in [1.82, 2.24) is 4.90 Å². The average molecular weight is 433 g/mol. The van der Waals surface area contributed by atoms with Crippen LogP contribution < -0.4 is 10.1 Å². The normalized spacial score (nSPS) is 11.0. The molecule has 2 amide bonds. The van der Waals surface area contributed by atoms with Crippen LogP contribution in [0.15, 0.2) is 46.9 Å². The van der Waals surface area contributed by atoms with Crippen molar-refractivity contribution in [2.45, 2.75) is 26.2 Å². The third kappa shape index (κ3) is 5.82. The monoisotopic (exact) mass is 432 g/mol. The second-order valence-electron chi connectivity index (χ2n) is 7.51. The van der Waals surface area contributed by atoms with Crippen LogP contribution >= 0.6 is 15.9 Å². The molecule has 0 spiro atoms. The van der Waals surface area contributed by atoms with Gasteiger partial charge in [-0.2, -0.15) is 0 Å². The summed E-state index contributed by atoms with van der Waals surface area (Å²) in [5, 5.41) is 2.75.